The maximum Gasteiger partial charge on any atom is 0.334 e. The minimum atomic E-state index is -3.46. The first-order valence-corrected chi connectivity index (χ1v) is 9.54. The van der Waals surface area contributed by atoms with Crippen molar-refractivity contribution in [3.8, 4) is 0 Å². The first-order valence-electron chi connectivity index (χ1n) is 8.10. The molecular weight excluding hydrogens is 352 g/mol. The number of allylic oxidation sites excluding steroid dienone is 1. The summed E-state index contributed by atoms with van der Waals surface area (Å²) in [6, 6.07) is 10.5. The van der Waals surface area contributed by atoms with Crippen LogP contribution in [0.5, 0.6) is 0 Å². The molecule has 0 N–H and O–H groups in total. The largest absolute Gasteiger partial charge is 0.466 e. The first kappa shape index (κ1) is 18.3. The number of esters is 1. The maximum atomic E-state index is 12.2. The van der Waals surface area contributed by atoms with Crippen molar-refractivity contribution in [3.05, 3.63) is 65.0 Å². The Bertz CT molecular complexity index is 977. The molecule has 0 radical (unpaired) electrons. The van der Waals surface area contributed by atoms with Crippen molar-refractivity contribution in [1.29, 1.82) is 0 Å². The van der Waals surface area contributed by atoms with Crippen molar-refractivity contribution < 1.29 is 17.9 Å². The molecule has 0 bridgehead atoms. The molecule has 0 spiro atoms. The van der Waals surface area contributed by atoms with Gasteiger partial charge in [-0.25, -0.2) is 17.5 Å². The number of rotatable bonds is 5. The molecule has 0 saturated heterocycles. The Balaban J connectivity index is 1.95. The van der Waals surface area contributed by atoms with Gasteiger partial charge in [0.15, 0.2) is 0 Å². The van der Waals surface area contributed by atoms with Crippen molar-refractivity contribution in [2.75, 3.05) is 21.2 Å². The predicted molar refractivity (Wildman–Crippen MR) is 97.9 cm³/mol. The number of sulfonamides is 1. The zero-order chi connectivity index (χ0) is 18.9. The molecule has 3 rings (SSSR count). The number of carbonyl (C=O) groups is 1. The molecule has 7 heteroatoms. The number of pyridine rings is 1. The van der Waals surface area contributed by atoms with Gasteiger partial charge in [0, 0.05) is 38.7 Å². The van der Waals surface area contributed by atoms with Crippen LogP contribution < -0.4 is 0 Å². The van der Waals surface area contributed by atoms with Crippen molar-refractivity contribution in [2.45, 2.75) is 17.7 Å². The quantitative estimate of drug-likeness (QED) is 0.751. The van der Waals surface area contributed by atoms with Gasteiger partial charge < -0.3 is 4.74 Å². The summed E-state index contributed by atoms with van der Waals surface area (Å²) < 4.78 is 30.4. The summed E-state index contributed by atoms with van der Waals surface area (Å²) in [5, 5.41) is 0. The van der Waals surface area contributed by atoms with Crippen LogP contribution in [0.2, 0.25) is 0 Å². The molecule has 0 atom stereocenters. The summed E-state index contributed by atoms with van der Waals surface area (Å²) in [4.78, 5) is 16.8. The molecule has 0 amide bonds. The SMILES string of the molecule is COC(=O)C1=C(Cc2ccc(S(=O)(=O)N(C)C)cc2)c2ncccc2C1. The molecule has 0 unspecified atom stereocenters. The van der Waals surface area contributed by atoms with E-state index in [1.54, 1.807) is 30.5 Å². The van der Waals surface area contributed by atoms with Gasteiger partial charge in [-0.15, -0.1) is 0 Å². The Morgan fingerprint density at radius 1 is 1.19 bits per heavy atom. The molecular formula is C19H20N2O4S. The number of ether oxygens (including phenoxy) is 1. The van der Waals surface area contributed by atoms with Gasteiger partial charge in [-0.05, 0) is 34.9 Å². The second-order valence-electron chi connectivity index (χ2n) is 6.24. The fourth-order valence-corrected chi connectivity index (χ4v) is 3.90. The van der Waals surface area contributed by atoms with Crippen LogP contribution in [0.15, 0.2) is 53.1 Å². The van der Waals surface area contributed by atoms with Crippen molar-refractivity contribution in [3.63, 3.8) is 0 Å². The number of aromatic nitrogens is 1. The first-order chi connectivity index (χ1) is 12.3. The van der Waals surface area contributed by atoms with Crippen molar-refractivity contribution in [1.82, 2.24) is 9.29 Å². The van der Waals surface area contributed by atoms with Crippen LogP contribution in [0.25, 0.3) is 5.57 Å². The standard InChI is InChI=1S/C19H20N2O4S/c1-21(2)26(23,24)15-8-6-13(7-9-15)11-16-17(19(22)25-3)12-14-5-4-10-20-18(14)16/h4-10H,11-12H2,1-3H3. The van der Waals surface area contributed by atoms with Crippen LogP contribution >= 0.6 is 0 Å². The molecule has 0 fully saturated rings. The monoisotopic (exact) mass is 372 g/mol. The van der Waals surface area contributed by atoms with Gasteiger partial charge in [-0.3, -0.25) is 4.98 Å². The lowest BCUT2D eigenvalue weighted by molar-refractivity contribution is -0.136. The van der Waals surface area contributed by atoms with Crippen molar-refractivity contribution >= 4 is 21.6 Å². The number of nitrogens with zero attached hydrogens (tertiary/aromatic N) is 2. The molecule has 1 heterocycles. The highest BCUT2D eigenvalue weighted by molar-refractivity contribution is 7.89. The lowest BCUT2D eigenvalue weighted by Crippen LogP contribution is -2.22. The van der Waals surface area contributed by atoms with Crippen LogP contribution in [0.3, 0.4) is 0 Å². The van der Waals surface area contributed by atoms with Crippen LogP contribution in [0.4, 0.5) is 0 Å². The minimum absolute atomic E-state index is 0.235. The second kappa shape index (κ2) is 7.01. The topological polar surface area (TPSA) is 76.6 Å². The summed E-state index contributed by atoms with van der Waals surface area (Å²) in [5.74, 6) is -0.357. The Labute approximate surface area is 153 Å². The van der Waals surface area contributed by atoms with Gasteiger partial charge in [0.25, 0.3) is 0 Å². The fraction of sp³-hybridized carbons (Fsp3) is 0.263. The normalized spacial score (nSPS) is 13.8. The molecule has 1 aliphatic rings. The van der Waals surface area contributed by atoms with E-state index in [2.05, 4.69) is 4.98 Å². The average Bonchev–Trinajstić information content (AvgIpc) is 3.00. The van der Waals surface area contributed by atoms with Crippen molar-refractivity contribution in [2.24, 2.45) is 0 Å². The van der Waals surface area contributed by atoms with E-state index in [9.17, 15) is 13.2 Å². The van der Waals surface area contributed by atoms with Gasteiger partial charge in [-0.2, -0.15) is 0 Å². The minimum Gasteiger partial charge on any atom is -0.466 e. The zero-order valence-electron chi connectivity index (χ0n) is 14.9. The summed E-state index contributed by atoms with van der Waals surface area (Å²) >= 11 is 0. The van der Waals surface area contributed by atoms with E-state index in [1.807, 2.05) is 12.1 Å². The summed E-state index contributed by atoms with van der Waals surface area (Å²) in [6.45, 7) is 0. The average molecular weight is 372 g/mol. The smallest absolute Gasteiger partial charge is 0.334 e. The van der Waals surface area contributed by atoms with E-state index in [-0.39, 0.29) is 10.9 Å². The van der Waals surface area contributed by atoms with E-state index in [0.29, 0.717) is 18.4 Å². The number of carbonyl (C=O) groups excluding carboxylic acids is 1. The Morgan fingerprint density at radius 2 is 1.88 bits per heavy atom. The second-order valence-corrected chi connectivity index (χ2v) is 8.40. The van der Waals surface area contributed by atoms with Crippen LogP contribution in [0.1, 0.15) is 16.8 Å². The van der Waals surface area contributed by atoms with E-state index < -0.39 is 10.0 Å². The lowest BCUT2D eigenvalue weighted by atomic mass is 10.0. The Hall–Kier alpha value is -2.51. The number of methoxy groups -OCH3 is 1. The third-order valence-corrected chi connectivity index (χ3v) is 6.25. The van der Waals surface area contributed by atoms with Gasteiger partial charge in [0.05, 0.1) is 17.7 Å². The fourth-order valence-electron chi connectivity index (χ4n) is 3.00. The number of hydrogen-bond acceptors (Lipinski definition) is 5. The number of hydrogen-bond donors (Lipinski definition) is 0. The molecule has 26 heavy (non-hydrogen) atoms. The maximum absolute atomic E-state index is 12.2. The number of benzene rings is 1. The lowest BCUT2D eigenvalue weighted by Gasteiger charge is -2.12. The van der Waals surface area contributed by atoms with Crippen LogP contribution in [-0.2, 0) is 32.4 Å². The molecule has 0 saturated carbocycles. The van der Waals surface area contributed by atoms with Gasteiger partial charge in [0.1, 0.15) is 0 Å². The van der Waals surface area contributed by atoms with Crippen LogP contribution in [0, 0.1) is 0 Å². The predicted octanol–water partition coefficient (Wildman–Crippen LogP) is 2.06. The molecule has 1 aromatic heterocycles. The zero-order valence-corrected chi connectivity index (χ0v) is 15.7. The Morgan fingerprint density at radius 3 is 2.50 bits per heavy atom. The molecule has 6 nitrogen and oxygen atoms in total. The van der Waals surface area contributed by atoms with E-state index >= 15 is 0 Å². The van der Waals surface area contributed by atoms with E-state index in [0.717, 1.165) is 22.4 Å². The number of fused-ring (bicyclic) bond motifs is 1. The Kier molecular flexibility index (Phi) is 4.93. The molecule has 0 aliphatic heterocycles. The van der Waals surface area contributed by atoms with Gasteiger partial charge >= 0.3 is 5.97 Å². The van der Waals surface area contributed by atoms with Crippen LogP contribution in [-0.4, -0.2) is 44.9 Å². The van der Waals surface area contributed by atoms with E-state index in [1.165, 1.54) is 25.5 Å². The third-order valence-electron chi connectivity index (χ3n) is 4.42. The van der Waals surface area contributed by atoms with E-state index in [4.69, 9.17) is 4.74 Å². The highest BCUT2D eigenvalue weighted by atomic mass is 32.2. The summed E-state index contributed by atoms with van der Waals surface area (Å²) in [5.41, 5.74) is 4.13. The summed E-state index contributed by atoms with van der Waals surface area (Å²) in [6.07, 6.45) is 2.68. The molecule has 136 valence electrons. The van der Waals surface area contributed by atoms with Gasteiger partial charge in [0.2, 0.25) is 10.0 Å². The third kappa shape index (κ3) is 3.27. The molecule has 2 aromatic rings. The molecule has 1 aromatic carbocycles. The highest BCUT2D eigenvalue weighted by Crippen LogP contribution is 2.34. The summed E-state index contributed by atoms with van der Waals surface area (Å²) in [7, 11) is 0.898. The molecule has 1 aliphatic carbocycles. The highest BCUT2D eigenvalue weighted by Gasteiger charge is 2.27. The van der Waals surface area contributed by atoms with Gasteiger partial charge in [-0.1, -0.05) is 18.2 Å².